The minimum atomic E-state index is 0.173. The molecule has 4 rings (SSSR count). The summed E-state index contributed by atoms with van der Waals surface area (Å²) in [6, 6.07) is 4.13. The number of hydrogen-bond acceptors (Lipinski definition) is 6. The molecule has 0 N–H and O–H groups in total. The van der Waals surface area contributed by atoms with Gasteiger partial charge in [0.15, 0.2) is 5.76 Å². The first-order chi connectivity index (χ1) is 12.7. The van der Waals surface area contributed by atoms with E-state index in [0.29, 0.717) is 5.92 Å². The van der Waals surface area contributed by atoms with Crippen LogP contribution >= 0.6 is 0 Å². The van der Waals surface area contributed by atoms with Crippen molar-refractivity contribution in [3.8, 4) is 0 Å². The molecule has 2 fully saturated rings. The predicted molar refractivity (Wildman–Crippen MR) is 97.6 cm³/mol. The summed E-state index contributed by atoms with van der Waals surface area (Å²) in [4.78, 5) is 5.04. The zero-order valence-electron chi connectivity index (χ0n) is 15.8. The first-order valence-corrected chi connectivity index (χ1v) is 9.65. The summed E-state index contributed by atoms with van der Waals surface area (Å²) in [5.41, 5.74) is 2.16. The van der Waals surface area contributed by atoms with Gasteiger partial charge in [-0.2, -0.15) is 5.10 Å². The fourth-order valence-electron chi connectivity index (χ4n) is 4.19. The van der Waals surface area contributed by atoms with Crippen molar-refractivity contribution in [2.24, 2.45) is 13.0 Å². The molecular formula is C19H29N5O2. The second-order valence-corrected chi connectivity index (χ2v) is 7.58. The van der Waals surface area contributed by atoms with Crippen LogP contribution in [0.2, 0.25) is 0 Å². The van der Waals surface area contributed by atoms with E-state index in [-0.39, 0.29) is 6.10 Å². The Hall–Kier alpha value is -1.70. The largest absolute Gasteiger partial charge is 0.372 e. The van der Waals surface area contributed by atoms with Gasteiger partial charge in [-0.15, -0.1) is 0 Å². The van der Waals surface area contributed by atoms with Gasteiger partial charge in [-0.25, -0.2) is 0 Å². The van der Waals surface area contributed by atoms with E-state index in [1.807, 2.05) is 30.9 Å². The Morgan fingerprint density at radius 2 is 2.00 bits per heavy atom. The summed E-state index contributed by atoms with van der Waals surface area (Å²) in [6.07, 6.45) is 4.43. The lowest BCUT2D eigenvalue weighted by molar-refractivity contribution is -0.0470. The Bertz CT molecular complexity index is 704. The van der Waals surface area contributed by atoms with Crippen LogP contribution in [0.3, 0.4) is 0 Å². The van der Waals surface area contributed by atoms with Crippen LogP contribution in [-0.2, 0) is 18.3 Å². The van der Waals surface area contributed by atoms with Crippen LogP contribution in [0, 0.1) is 12.8 Å². The van der Waals surface area contributed by atoms with Gasteiger partial charge in [0.05, 0.1) is 17.9 Å². The highest BCUT2D eigenvalue weighted by atomic mass is 16.5. The Kier molecular flexibility index (Phi) is 5.38. The average molecular weight is 359 g/mol. The van der Waals surface area contributed by atoms with Gasteiger partial charge in [-0.1, -0.05) is 5.16 Å². The minimum absolute atomic E-state index is 0.173. The van der Waals surface area contributed by atoms with E-state index in [1.165, 1.54) is 12.1 Å². The molecule has 0 saturated carbocycles. The zero-order valence-corrected chi connectivity index (χ0v) is 15.8. The Balaban J connectivity index is 1.31. The van der Waals surface area contributed by atoms with Crippen LogP contribution in [0.25, 0.3) is 0 Å². The average Bonchev–Trinajstić information content (AvgIpc) is 3.25. The third-order valence-corrected chi connectivity index (χ3v) is 5.61. The van der Waals surface area contributed by atoms with Crippen LogP contribution in [0.5, 0.6) is 0 Å². The number of hydrogen-bond donors (Lipinski definition) is 0. The number of piperazine rings is 1. The van der Waals surface area contributed by atoms with E-state index < -0.39 is 0 Å². The van der Waals surface area contributed by atoms with E-state index in [4.69, 9.17) is 9.26 Å². The number of aryl methyl sites for hydroxylation is 2. The molecular weight excluding hydrogens is 330 g/mol. The van der Waals surface area contributed by atoms with Crippen molar-refractivity contribution in [1.29, 1.82) is 0 Å². The minimum Gasteiger partial charge on any atom is -0.372 e. The Morgan fingerprint density at radius 1 is 1.19 bits per heavy atom. The summed E-state index contributed by atoms with van der Waals surface area (Å²) >= 11 is 0. The molecule has 0 spiro atoms. The van der Waals surface area contributed by atoms with E-state index in [2.05, 4.69) is 26.1 Å². The molecule has 2 aliphatic heterocycles. The molecule has 0 amide bonds. The summed E-state index contributed by atoms with van der Waals surface area (Å²) in [5, 5.41) is 8.31. The van der Waals surface area contributed by atoms with Gasteiger partial charge in [0.1, 0.15) is 6.10 Å². The first-order valence-electron chi connectivity index (χ1n) is 9.65. The highest BCUT2D eigenvalue weighted by Gasteiger charge is 2.31. The maximum absolute atomic E-state index is 6.14. The van der Waals surface area contributed by atoms with Crippen LogP contribution in [0.4, 0.5) is 0 Å². The summed E-state index contributed by atoms with van der Waals surface area (Å²) in [5.74, 6) is 1.51. The van der Waals surface area contributed by atoms with Gasteiger partial charge < -0.3 is 14.2 Å². The SMILES string of the molecule is Cc1cc(CN2CCN(C[C@@H]3CCCO[C@H]3c3ccnn3C)CC2)on1. The fraction of sp³-hybridized carbons (Fsp3) is 0.684. The molecule has 0 aromatic carbocycles. The lowest BCUT2D eigenvalue weighted by Crippen LogP contribution is -2.48. The highest BCUT2D eigenvalue weighted by molar-refractivity contribution is 5.07. The molecule has 2 saturated heterocycles. The Labute approximate surface area is 154 Å². The number of aromatic nitrogens is 3. The quantitative estimate of drug-likeness (QED) is 0.814. The van der Waals surface area contributed by atoms with Gasteiger partial charge in [-0.05, 0) is 25.8 Å². The van der Waals surface area contributed by atoms with Gasteiger partial charge in [0.2, 0.25) is 0 Å². The summed E-state index contributed by atoms with van der Waals surface area (Å²) < 4.78 is 13.5. The molecule has 142 valence electrons. The monoisotopic (exact) mass is 359 g/mol. The van der Waals surface area contributed by atoms with E-state index in [1.54, 1.807) is 0 Å². The molecule has 0 unspecified atom stereocenters. The maximum atomic E-state index is 6.14. The van der Waals surface area contributed by atoms with Crippen molar-refractivity contribution in [3.05, 3.63) is 35.5 Å². The molecule has 0 aliphatic carbocycles. The fourth-order valence-corrected chi connectivity index (χ4v) is 4.19. The normalized spacial score (nSPS) is 25.6. The van der Waals surface area contributed by atoms with Crippen molar-refractivity contribution in [2.75, 3.05) is 39.3 Å². The van der Waals surface area contributed by atoms with Crippen molar-refractivity contribution in [2.45, 2.75) is 32.4 Å². The first kappa shape index (κ1) is 17.7. The van der Waals surface area contributed by atoms with Gasteiger partial charge in [0.25, 0.3) is 0 Å². The topological polar surface area (TPSA) is 59.6 Å². The summed E-state index contributed by atoms with van der Waals surface area (Å²) in [6.45, 7) is 9.13. The van der Waals surface area contributed by atoms with Crippen LogP contribution in [-0.4, -0.2) is 64.1 Å². The number of ether oxygens (including phenoxy) is 1. The number of rotatable bonds is 5. The second kappa shape index (κ2) is 7.90. The molecule has 0 bridgehead atoms. The lowest BCUT2D eigenvalue weighted by Gasteiger charge is -2.39. The van der Waals surface area contributed by atoms with E-state index in [0.717, 1.165) is 63.8 Å². The lowest BCUT2D eigenvalue weighted by atomic mass is 9.91. The van der Waals surface area contributed by atoms with Crippen molar-refractivity contribution < 1.29 is 9.26 Å². The van der Waals surface area contributed by atoms with E-state index >= 15 is 0 Å². The highest BCUT2D eigenvalue weighted by Crippen LogP contribution is 2.34. The van der Waals surface area contributed by atoms with Crippen molar-refractivity contribution >= 4 is 0 Å². The van der Waals surface area contributed by atoms with Crippen LogP contribution in [0.1, 0.15) is 36.1 Å². The standard InChI is InChI=1S/C19H29N5O2/c1-15-12-17(26-21-15)14-24-9-7-23(8-10-24)13-16-4-3-11-25-19(16)18-5-6-20-22(18)2/h5-6,12,16,19H,3-4,7-11,13-14H2,1-2H3/t16-,19+/m0/s1. The number of nitrogens with zero attached hydrogens (tertiary/aromatic N) is 5. The zero-order chi connectivity index (χ0) is 17.9. The second-order valence-electron chi connectivity index (χ2n) is 7.58. The smallest absolute Gasteiger partial charge is 0.150 e. The molecule has 4 heterocycles. The molecule has 7 heteroatoms. The van der Waals surface area contributed by atoms with E-state index in [9.17, 15) is 0 Å². The molecule has 2 atom stereocenters. The van der Waals surface area contributed by atoms with Crippen LogP contribution < -0.4 is 0 Å². The van der Waals surface area contributed by atoms with Crippen molar-refractivity contribution in [3.63, 3.8) is 0 Å². The van der Waals surface area contributed by atoms with Gasteiger partial charge >= 0.3 is 0 Å². The summed E-state index contributed by atoms with van der Waals surface area (Å²) in [7, 11) is 2.01. The van der Waals surface area contributed by atoms with Crippen molar-refractivity contribution in [1.82, 2.24) is 24.7 Å². The Morgan fingerprint density at radius 3 is 2.69 bits per heavy atom. The van der Waals surface area contributed by atoms with Crippen LogP contribution in [0.15, 0.2) is 22.9 Å². The molecule has 2 aliphatic rings. The third kappa shape index (κ3) is 4.00. The maximum Gasteiger partial charge on any atom is 0.150 e. The molecule has 2 aromatic rings. The predicted octanol–water partition coefficient (Wildman–Crippen LogP) is 2.00. The molecule has 2 aromatic heterocycles. The van der Waals surface area contributed by atoms with Gasteiger partial charge in [-0.3, -0.25) is 9.58 Å². The third-order valence-electron chi connectivity index (χ3n) is 5.61. The molecule has 7 nitrogen and oxygen atoms in total. The molecule has 0 radical (unpaired) electrons. The molecule has 26 heavy (non-hydrogen) atoms. The van der Waals surface area contributed by atoms with Gasteiger partial charge in [0, 0.05) is 64.6 Å².